The summed E-state index contributed by atoms with van der Waals surface area (Å²) in [5.74, 6) is 2.62. The van der Waals surface area contributed by atoms with E-state index in [1.165, 1.54) is 4.68 Å². The van der Waals surface area contributed by atoms with Gasteiger partial charge in [0.1, 0.15) is 24.4 Å². The predicted molar refractivity (Wildman–Crippen MR) is 289 cm³/mol. The first kappa shape index (κ1) is 59.2. The number of nitrogens with two attached hydrogens (primary N) is 2. The molecular weight excluding hydrogens is 1040 g/mol. The van der Waals surface area contributed by atoms with Crippen LogP contribution in [0.5, 0.6) is 5.75 Å². The lowest BCUT2D eigenvalue weighted by Gasteiger charge is -2.38. The Morgan fingerprint density at radius 3 is 1.91 bits per heavy atom. The Kier molecular flexibility index (Phi) is 21.7. The van der Waals surface area contributed by atoms with Gasteiger partial charge < -0.3 is 78.2 Å². The molecule has 2 unspecified atom stereocenters. The number of anilines is 3. The summed E-state index contributed by atoms with van der Waals surface area (Å²) >= 11 is 0. The summed E-state index contributed by atoms with van der Waals surface area (Å²) in [7, 11) is 0. The Labute approximate surface area is 464 Å². The number of aromatic amines is 1. The first-order chi connectivity index (χ1) is 37.8. The number of piperazine rings is 2. The fourth-order valence-electron chi connectivity index (χ4n) is 9.42. The minimum atomic E-state index is -1.04. The number of aromatic hydroxyl groups is 1. The molecule has 0 bridgehead atoms. The summed E-state index contributed by atoms with van der Waals surface area (Å²) in [6.07, 6.45) is 9.85. The summed E-state index contributed by atoms with van der Waals surface area (Å²) in [6.45, 7) is 9.64. The lowest BCUT2D eigenvalue weighted by molar-refractivity contribution is -0.139. The number of phenolic OH excluding ortho intramolecular Hbond substituents is 1. The summed E-state index contributed by atoms with van der Waals surface area (Å²) < 4.78 is 19.6. The van der Waals surface area contributed by atoms with E-state index in [2.05, 4.69) is 56.8 Å². The first-order valence-electron chi connectivity index (χ1n) is 26.5. The van der Waals surface area contributed by atoms with Crippen molar-refractivity contribution < 1.29 is 51.2 Å². The van der Waals surface area contributed by atoms with Crippen LogP contribution in [0.2, 0.25) is 0 Å². The number of halogens is 1. The minimum Gasteiger partial charge on any atom is -1.00 e. The van der Waals surface area contributed by atoms with Crippen LogP contribution in [-0.4, -0.2) is 186 Å². The van der Waals surface area contributed by atoms with Crippen LogP contribution in [0.25, 0.3) is 10.9 Å². The van der Waals surface area contributed by atoms with E-state index in [4.69, 9.17) is 47.1 Å². The van der Waals surface area contributed by atoms with Gasteiger partial charge in [0, 0.05) is 83.0 Å². The molecule has 0 spiro atoms. The summed E-state index contributed by atoms with van der Waals surface area (Å²) in [5, 5.41) is 41.1. The molecule has 2 fully saturated rings. The monoisotopic (exact) mass is 1110 g/mol. The van der Waals surface area contributed by atoms with Gasteiger partial charge in [0.25, 0.3) is 0 Å². The number of amides is 2. The van der Waals surface area contributed by atoms with Gasteiger partial charge >= 0.3 is 5.97 Å². The molecule has 0 radical (unpaired) electrons. The molecule has 0 aliphatic carbocycles. The number of aromatic nitrogens is 10. The molecule has 6 heterocycles. The van der Waals surface area contributed by atoms with Crippen LogP contribution in [0, 0.1) is 18.3 Å². The van der Waals surface area contributed by atoms with Crippen LogP contribution >= 0.6 is 0 Å². The number of carbonyl (C=O) groups is 3. The number of para-hydroxylation sites is 1. The number of fused-ring (bicyclic) bond motifs is 1. The maximum absolute atomic E-state index is 14.7. The fourth-order valence-corrected chi connectivity index (χ4v) is 9.42. The number of nitrogens with zero attached hydrogens (tertiary/aromatic N) is 13. The molecule has 6 aromatic rings. The standard InChI is InChI=1S/C53H71N17O8.ClH/c1-4-24-76-26-28-78-29-27-77-25-15-56-51-58-52(67-20-16-65(17-21-67)49(74)46(13-14-48(72)73)69-34-45(62-63-69)42(55)31-37-9-11-40(71)12-10-37)60-53(59-51)68-22-18-66(19-23-68)50(75)47(33-39-32-38-7-5-6-8-43(38)57-39)70-35-44(61-64-70)41(54)30-36(2)3;/h1,5-12,32,34-36,41-42,46-47,57,71H,13-31,33,54-55H2,2-3H3,(H,72,73)(H,56,58,59,60);1H/p-1/t41?,42?,46-,47-;/m0./s1. The third-order valence-electron chi connectivity index (χ3n) is 13.6. The lowest BCUT2D eigenvalue weighted by Crippen LogP contribution is -3.00. The zero-order valence-corrected chi connectivity index (χ0v) is 45.4. The normalized spacial score (nSPS) is 15.4. The number of terminal acetylenes is 1. The number of H-pyrrole nitrogens is 1. The first-order valence-corrected chi connectivity index (χ1v) is 26.5. The van der Waals surface area contributed by atoms with Gasteiger partial charge in [0.05, 0.1) is 68.9 Å². The van der Waals surface area contributed by atoms with E-state index >= 15 is 0 Å². The van der Waals surface area contributed by atoms with Crippen LogP contribution in [0.4, 0.5) is 17.8 Å². The highest BCUT2D eigenvalue weighted by atomic mass is 35.5. The quantitative estimate of drug-likeness (QED) is 0.0267. The molecule has 25 nitrogen and oxygen atoms in total. The van der Waals surface area contributed by atoms with Gasteiger partial charge in [-0.15, -0.1) is 16.6 Å². The average Bonchev–Trinajstić information content (AvgIpc) is 4.29. The van der Waals surface area contributed by atoms with Gasteiger partial charge in [0.2, 0.25) is 29.7 Å². The molecule has 8 N–H and O–H groups in total. The molecule has 79 heavy (non-hydrogen) atoms. The maximum Gasteiger partial charge on any atom is 0.303 e. The van der Waals surface area contributed by atoms with Crippen molar-refractivity contribution in [2.24, 2.45) is 17.4 Å². The molecule has 2 aliphatic rings. The number of nitrogens with one attached hydrogen (secondary N) is 2. The smallest absolute Gasteiger partial charge is 0.303 e. The molecule has 8 rings (SSSR count). The molecule has 2 aromatic carbocycles. The Balaban J connectivity index is 0.00000903. The van der Waals surface area contributed by atoms with Gasteiger partial charge in [-0.25, -0.2) is 9.36 Å². The highest BCUT2D eigenvalue weighted by molar-refractivity contribution is 5.83. The summed E-state index contributed by atoms with van der Waals surface area (Å²) in [4.78, 5) is 66.4. The number of benzene rings is 2. The highest BCUT2D eigenvalue weighted by Gasteiger charge is 2.34. The van der Waals surface area contributed by atoms with E-state index in [9.17, 15) is 24.6 Å². The number of phenols is 1. The summed E-state index contributed by atoms with van der Waals surface area (Å²) in [5.41, 5.74) is 16.9. The number of carboxylic acid groups (broad SMARTS) is 1. The zero-order valence-electron chi connectivity index (χ0n) is 44.6. The Bertz CT molecular complexity index is 2900. The summed E-state index contributed by atoms with van der Waals surface area (Å²) in [6, 6.07) is 14.2. The Morgan fingerprint density at radius 2 is 1.32 bits per heavy atom. The minimum absolute atomic E-state index is 0. The van der Waals surface area contributed by atoms with E-state index in [1.54, 1.807) is 46.2 Å². The predicted octanol–water partition coefficient (Wildman–Crippen LogP) is -0.484. The fraction of sp³-hybridized carbons (Fsp3) is 0.509. The van der Waals surface area contributed by atoms with Crippen molar-refractivity contribution >= 4 is 46.5 Å². The number of aliphatic carboxylic acids is 1. The average molecular weight is 1110 g/mol. The number of hydrogen-bond acceptors (Lipinski definition) is 19. The molecule has 2 aliphatic heterocycles. The van der Waals surface area contributed by atoms with Crippen LogP contribution in [0.1, 0.15) is 79.9 Å². The van der Waals surface area contributed by atoms with Gasteiger partial charge in [-0.3, -0.25) is 14.4 Å². The molecule has 4 atom stereocenters. The van der Waals surface area contributed by atoms with Crippen molar-refractivity contribution in [3.63, 3.8) is 0 Å². The third kappa shape index (κ3) is 16.5. The number of hydrogen-bond donors (Lipinski definition) is 6. The number of ether oxygens (including phenoxy) is 3. The Hall–Kier alpha value is -7.47. The van der Waals surface area contributed by atoms with E-state index < -0.39 is 24.1 Å². The molecule has 4 aromatic heterocycles. The van der Waals surface area contributed by atoms with Crippen LogP contribution in [0.3, 0.4) is 0 Å². The second-order valence-electron chi connectivity index (χ2n) is 19.8. The van der Waals surface area contributed by atoms with E-state index in [0.717, 1.165) is 28.6 Å². The van der Waals surface area contributed by atoms with Crippen molar-refractivity contribution in [2.75, 3.05) is 114 Å². The van der Waals surface area contributed by atoms with Gasteiger partial charge in [-0.1, -0.05) is 60.5 Å². The van der Waals surface area contributed by atoms with Crippen molar-refractivity contribution in [3.05, 3.63) is 89.6 Å². The van der Waals surface area contributed by atoms with Gasteiger partial charge in [0.15, 0.2) is 0 Å². The molecule has 424 valence electrons. The SMILES string of the molecule is C#CCOCCOCCOCCNc1nc(N2CCN(C(=O)[C@H](CCC(=O)O)n3cc(C(N)Cc4ccc(O)cc4)nn3)CC2)nc(N2CCN(C(=O)[C@H](Cc3cc4ccccc4[nH]3)n3cc(C(N)CC(C)C)nn3)CC2)n1.[Cl-]. The molecular formula is C53H71ClN17O8-. The molecule has 2 amide bonds. The number of carbonyl (C=O) groups excluding carboxylic acids is 2. The van der Waals surface area contributed by atoms with E-state index in [0.29, 0.717) is 127 Å². The van der Waals surface area contributed by atoms with Crippen molar-refractivity contribution in [1.29, 1.82) is 0 Å². The van der Waals surface area contributed by atoms with Gasteiger partial charge in [-0.2, -0.15) is 15.0 Å². The van der Waals surface area contributed by atoms with Crippen molar-refractivity contribution in [3.8, 4) is 18.1 Å². The largest absolute Gasteiger partial charge is 1.00 e. The molecule has 0 saturated carbocycles. The van der Waals surface area contributed by atoms with E-state index in [-0.39, 0.29) is 68.6 Å². The van der Waals surface area contributed by atoms with E-state index in [1.807, 2.05) is 39.0 Å². The van der Waals surface area contributed by atoms with Crippen molar-refractivity contribution in [1.82, 2.24) is 59.7 Å². The zero-order chi connectivity index (χ0) is 55.0. The van der Waals surface area contributed by atoms with Crippen LogP contribution in [-0.2, 0) is 41.4 Å². The van der Waals surface area contributed by atoms with Gasteiger partial charge in [-0.05, 0) is 60.4 Å². The lowest BCUT2D eigenvalue weighted by atomic mass is 10.0. The third-order valence-corrected chi connectivity index (χ3v) is 13.6. The highest BCUT2D eigenvalue weighted by Crippen LogP contribution is 2.27. The maximum atomic E-state index is 14.7. The van der Waals surface area contributed by atoms with Crippen LogP contribution < -0.4 is 39.0 Å². The Morgan fingerprint density at radius 1 is 0.747 bits per heavy atom. The molecule has 26 heteroatoms. The molecule has 2 saturated heterocycles. The second-order valence-corrected chi connectivity index (χ2v) is 19.8. The number of rotatable bonds is 28. The van der Waals surface area contributed by atoms with Crippen LogP contribution in [0.15, 0.2) is 67.0 Å². The number of carboxylic acids is 1. The second kappa shape index (κ2) is 28.9. The topological polar surface area (TPSA) is 312 Å². The van der Waals surface area contributed by atoms with Crippen molar-refractivity contribution in [2.45, 2.75) is 70.1 Å².